The number of carbonyl (C=O) groups is 3. The van der Waals surface area contributed by atoms with Crippen LogP contribution < -0.4 is 5.32 Å². The van der Waals surface area contributed by atoms with Gasteiger partial charge in [0.1, 0.15) is 12.6 Å². The van der Waals surface area contributed by atoms with Crippen molar-refractivity contribution in [3.63, 3.8) is 0 Å². The molecule has 2 saturated heterocycles. The summed E-state index contributed by atoms with van der Waals surface area (Å²) in [5.41, 5.74) is 6.93. The minimum atomic E-state index is -0.987. The van der Waals surface area contributed by atoms with Gasteiger partial charge in [0.2, 0.25) is 5.91 Å². The number of imide groups is 1. The van der Waals surface area contributed by atoms with E-state index in [4.69, 9.17) is 14.2 Å². The molecule has 11 heteroatoms. The third kappa shape index (κ3) is 9.87. The summed E-state index contributed by atoms with van der Waals surface area (Å²) in [6.45, 7) is 2.66. The molecule has 6 atom stereocenters. The molecule has 1 unspecified atom stereocenters. The first-order valence-corrected chi connectivity index (χ1v) is 19.6. The molecule has 0 radical (unpaired) electrons. The van der Waals surface area contributed by atoms with Crippen molar-refractivity contribution in [2.45, 2.75) is 76.2 Å². The van der Waals surface area contributed by atoms with Gasteiger partial charge in [-0.3, -0.25) is 19.4 Å². The fourth-order valence-corrected chi connectivity index (χ4v) is 7.42. The number of nitrogens with zero attached hydrogens (tertiary/aromatic N) is 2. The second kappa shape index (κ2) is 18.7. The normalized spacial score (nSPS) is 20.5. The topological polar surface area (TPSA) is 138 Å². The molecule has 2 fully saturated rings. The fraction of sp³-hybridized carbons (Fsp3) is 0.298. The Hall–Kier alpha value is -5.69. The van der Waals surface area contributed by atoms with Crippen LogP contribution in [0.15, 0.2) is 133 Å². The molecule has 0 aliphatic carbocycles. The highest BCUT2D eigenvalue weighted by Crippen LogP contribution is 2.39. The van der Waals surface area contributed by atoms with Gasteiger partial charge in [0.15, 0.2) is 6.29 Å². The maximum Gasteiger partial charge on any atom is 0.408 e. The number of nitrogens with one attached hydrogen (secondary N) is 1. The zero-order valence-electron chi connectivity index (χ0n) is 32.6. The Labute approximate surface area is 338 Å². The number of likely N-dealkylation sites (N-methyl/N-ethyl adjacent to an activating group) is 1. The van der Waals surface area contributed by atoms with Gasteiger partial charge >= 0.3 is 6.09 Å². The Kier molecular flexibility index (Phi) is 13.1. The van der Waals surface area contributed by atoms with Crippen molar-refractivity contribution < 1.29 is 38.8 Å². The van der Waals surface area contributed by atoms with Crippen LogP contribution in [0.25, 0.3) is 11.1 Å². The highest BCUT2D eigenvalue weighted by Gasteiger charge is 2.40. The van der Waals surface area contributed by atoms with Crippen LogP contribution in [0.2, 0.25) is 0 Å². The minimum Gasteiger partial charge on any atom is -0.445 e. The number of aliphatic hydroxyl groups excluding tert-OH is 2. The van der Waals surface area contributed by atoms with Gasteiger partial charge in [-0.2, -0.15) is 0 Å². The van der Waals surface area contributed by atoms with Gasteiger partial charge in [-0.15, -0.1) is 0 Å². The molecule has 3 amide bonds. The number of rotatable bonds is 14. The largest absolute Gasteiger partial charge is 0.445 e. The summed E-state index contributed by atoms with van der Waals surface area (Å²) >= 11 is 0. The molecule has 0 bridgehead atoms. The van der Waals surface area contributed by atoms with E-state index in [9.17, 15) is 24.6 Å². The molecule has 5 aromatic carbocycles. The first-order valence-electron chi connectivity index (χ1n) is 19.6. The molecular formula is C47H49N3O8. The SMILES string of the molecule is C[C@@H]([C@H](O)c1ccccc1)N(C)C[C@@H]1C[C@H](c2ccc(CO)cc2)O[C@H](c2ccc(-c3cccc(CN4C(=O)CC(NC(=O)OCc5ccccc5)C4=O)c3)cc2)O1. The lowest BCUT2D eigenvalue weighted by molar-refractivity contribution is -0.253. The van der Waals surface area contributed by atoms with Gasteiger partial charge in [-0.25, -0.2) is 4.79 Å². The molecule has 7 rings (SSSR count). The number of hydrogen-bond donors (Lipinski definition) is 3. The second-order valence-corrected chi connectivity index (χ2v) is 15.0. The number of amides is 3. The number of carbonyl (C=O) groups excluding carboxylic acids is 3. The van der Waals surface area contributed by atoms with E-state index >= 15 is 0 Å². The first kappa shape index (κ1) is 40.5. The van der Waals surface area contributed by atoms with E-state index in [1.165, 1.54) is 4.90 Å². The molecule has 2 aliphatic heterocycles. The third-order valence-corrected chi connectivity index (χ3v) is 10.9. The highest BCUT2D eigenvalue weighted by atomic mass is 16.7. The van der Waals surface area contributed by atoms with E-state index in [0.29, 0.717) is 13.0 Å². The molecule has 58 heavy (non-hydrogen) atoms. The number of alkyl carbamates (subject to hydrolysis) is 1. The smallest absolute Gasteiger partial charge is 0.408 e. The van der Waals surface area contributed by atoms with Gasteiger partial charge in [-0.1, -0.05) is 127 Å². The van der Waals surface area contributed by atoms with Crippen LogP contribution >= 0.6 is 0 Å². The molecule has 0 aromatic heterocycles. The van der Waals surface area contributed by atoms with Crippen molar-refractivity contribution in [3.05, 3.63) is 167 Å². The Morgan fingerprint density at radius 2 is 1.50 bits per heavy atom. The summed E-state index contributed by atoms with van der Waals surface area (Å²) < 4.78 is 18.5. The molecule has 3 N–H and O–H groups in total. The van der Waals surface area contributed by atoms with E-state index in [0.717, 1.165) is 44.5 Å². The van der Waals surface area contributed by atoms with Crippen LogP contribution in [-0.2, 0) is 43.6 Å². The summed E-state index contributed by atoms with van der Waals surface area (Å²) in [4.78, 5) is 41.8. The molecule has 2 heterocycles. The number of ether oxygens (including phenoxy) is 3. The maximum atomic E-state index is 13.2. The molecule has 0 saturated carbocycles. The molecule has 5 aromatic rings. The number of likely N-dealkylation sites (tertiary alicyclic amines) is 1. The number of aliphatic hydroxyl groups is 2. The van der Waals surface area contributed by atoms with Crippen molar-refractivity contribution in [1.29, 1.82) is 0 Å². The second-order valence-electron chi connectivity index (χ2n) is 15.0. The predicted molar refractivity (Wildman–Crippen MR) is 218 cm³/mol. The molecule has 11 nitrogen and oxygen atoms in total. The monoisotopic (exact) mass is 783 g/mol. The summed E-state index contributed by atoms with van der Waals surface area (Å²) in [6, 6.07) is 41.1. The standard InChI is InChI=1S/C47H49N3O8/c1-31(44(53)37-13-7-4-8-14-37)49(2)28-40-25-42(36-18-16-32(29-51)17-19-36)58-46(57-40)38-22-20-35(21-23-38)39-15-9-12-34(24-39)27-50-43(52)26-41(45(50)54)48-47(55)56-30-33-10-5-3-6-11-33/h3-24,31,40-42,44,46,51,53H,25-30H2,1-2H3,(H,48,55)/t31-,40-,41?,42+,44-,46+/m0/s1. The lowest BCUT2D eigenvalue weighted by atomic mass is 9.98. The summed E-state index contributed by atoms with van der Waals surface area (Å²) in [5.74, 6) is -0.840. The number of benzene rings is 5. The van der Waals surface area contributed by atoms with Crippen molar-refractivity contribution in [2.24, 2.45) is 0 Å². The van der Waals surface area contributed by atoms with Crippen LogP contribution in [0.4, 0.5) is 4.79 Å². The van der Waals surface area contributed by atoms with Gasteiger partial charge in [-0.05, 0) is 59.0 Å². The van der Waals surface area contributed by atoms with Gasteiger partial charge in [0.25, 0.3) is 5.91 Å². The Morgan fingerprint density at radius 3 is 2.21 bits per heavy atom. The molecular weight excluding hydrogens is 735 g/mol. The van der Waals surface area contributed by atoms with Crippen LogP contribution in [0, 0.1) is 0 Å². The van der Waals surface area contributed by atoms with Crippen molar-refractivity contribution in [1.82, 2.24) is 15.1 Å². The van der Waals surface area contributed by atoms with E-state index in [2.05, 4.69) is 10.2 Å². The lowest BCUT2D eigenvalue weighted by Crippen LogP contribution is -2.43. The zero-order chi connectivity index (χ0) is 40.6. The van der Waals surface area contributed by atoms with E-state index in [1.807, 2.05) is 147 Å². The van der Waals surface area contributed by atoms with E-state index < -0.39 is 30.4 Å². The molecule has 0 spiro atoms. The van der Waals surface area contributed by atoms with Crippen molar-refractivity contribution >= 4 is 17.9 Å². The Morgan fingerprint density at radius 1 is 0.828 bits per heavy atom. The molecule has 300 valence electrons. The number of hydrogen-bond acceptors (Lipinski definition) is 9. The van der Waals surface area contributed by atoms with E-state index in [-0.39, 0.29) is 50.3 Å². The highest BCUT2D eigenvalue weighted by molar-refractivity contribution is 6.06. The average molecular weight is 784 g/mol. The van der Waals surface area contributed by atoms with Crippen LogP contribution in [0.5, 0.6) is 0 Å². The van der Waals surface area contributed by atoms with Crippen LogP contribution in [0.3, 0.4) is 0 Å². The lowest BCUT2D eigenvalue weighted by Gasteiger charge is -2.39. The van der Waals surface area contributed by atoms with Crippen molar-refractivity contribution in [2.75, 3.05) is 13.6 Å². The predicted octanol–water partition coefficient (Wildman–Crippen LogP) is 7.00. The average Bonchev–Trinajstić information content (AvgIpc) is 3.52. The van der Waals surface area contributed by atoms with Gasteiger partial charge in [0, 0.05) is 24.6 Å². The summed E-state index contributed by atoms with van der Waals surface area (Å²) in [6.07, 6.45) is -2.08. The van der Waals surface area contributed by atoms with Gasteiger partial charge < -0.3 is 29.7 Å². The third-order valence-electron chi connectivity index (χ3n) is 10.9. The summed E-state index contributed by atoms with van der Waals surface area (Å²) in [7, 11) is 1.99. The quantitative estimate of drug-likeness (QED) is 0.102. The Balaban J connectivity index is 1.01. The molecule has 2 aliphatic rings. The fourth-order valence-electron chi connectivity index (χ4n) is 7.42. The van der Waals surface area contributed by atoms with E-state index in [1.54, 1.807) is 0 Å². The van der Waals surface area contributed by atoms with Crippen LogP contribution in [0.1, 0.15) is 71.6 Å². The first-order chi connectivity index (χ1) is 28.1. The van der Waals surface area contributed by atoms with Crippen LogP contribution in [-0.4, -0.2) is 69.7 Å². The summed E-state index contributed by atoms with van der Waals surface area (Å²) in [5, 5.41) is 23.3. The van der Waals surface area contributed by atoms with Crippen molar-refractivity contribution in [3.8, 4) is 11.1 Å². The maximum absolute atomic E-state index is 13.2. The van der Waals surface area contributed by atoms with Gasteiger partial charge in [0.05, 0.1) is 37.9 Å². The Bertz CT molecular complexity index is 2150. The minimum absolute atomic E-state index is 0.0395. The zero-order valence-corrected chi connectivity index (χ0v) is 32.6.